The number of hydrogen-bond donors (Lipinski definition) is 1. The number of ether oxygens (including phenoxy) is 2. The lowest BCUT2D eigenvalue weighted by Crippen LogP contribution is -2.40. The number of nitrogens with one attached hydrogen (secondary N) is 1. The number of nitrogens with zero attached hydrogens (tertiary/aromatic N) is 2. The van der Waals surface area contributed by atoms with Gasteiger partial charge in [-0.1, -0.05) is 30.3 Å². The van der Waals surface area contributed by atoms with Crippen molar-refractivity contribution in [1.29, 1.82) is 0 Å². The van der Waals surface area contributed by atoms with E-state index in [4.69, 9.17) is 9.47 Å². The minimum atomic E-state index is -0.0824. The Hall–Kier alpha value is -3.15. The summed E-state index contributed by atoms with van der Waals surface area (Å²) in [7, 11) is 0. The van der Waals surface area contributed by atoms with Gasteiger partial charge in [0, 0.05) is 18.4 Å². The number of rotatable bonds is 6. The van der Waals surface area contributed by atoms with Crippen molar-refractivity contribution in [2.24, 2.45) is 0 Å². The smallest absolute Gasteiger partial charge is 0.316 e. The molecule has 4 rings (SSSR count). The van der Waals surface area contributed by atoms with E-state index in [0.717, 1.165) is 36.5 Å². The van der Waals surface area contributed by atoms with E-state index in [1.54, 1.807) is 18.5 Å². The van der Waals surface area contributed by atoms with Crippen molar-refractivity contribution in [3.05, 3.63) is 60.4 Å². The van der Waals surface area contributed by atoms with Crippen LogP contribution in [-0.2, 0) is 0 Å². The summed E-state index contributed by atoms with van der Waals surface area (Å²) in [4.78, 5) is 21.4. The fourth-order valence-corrected chi connectivity index (χ4v) is 3.84. The van der Waals surface area contributed by atoms with E-state index in [1.165, 1.54) is 0 Å². The first-order valence-electron chi connectivity index (χ1n) is 10.1. The first-order valence-corrected chi connectivity index (χ1v) is 10.1. The Labute approximate surface area is 170 Å². The second-order valence-electron chi connectivity index (χ2n) is 7.19. The van der Waals surface area contributed by atoms with E-state index in [1.807, 2.05) is 43.3 Å². The summed E-state index contributed by atoms with van der Waals surface area (Å²) >= 11 is 0. The van der Waals surface area contributed by atoms with Gasteiger partial charge >= 0.3 is 6.01 Å². The molecule has 0 atom stereocenters. The molecule has 1 aliphatic carbocycles. The summed E-state index contributed by atoms with van der Waals surface area (Å²) in [6.45, 7) is 2.44. The molecule has 150 valence electrons. The average molecular weight is 391 g/mol. The number of amides is 1. The predicted molar refractivity (Wildman–Crippen MR) is 111 cm³/mol. The summed E-state index contributed by atoms with van der Waals surface area (Å²) in [5.41, 5.74) is 0.612. The first-order chi connectivity index (χ1) is 14.2. The Morgan fingerprint density at radius 3 is 2.55 bits per heavy atom. The first kappa shape index (κ1) is 19.2. The fraction of sp³-hybridized carbons (Fsp3) is 0.348. The molecule has 1 N–H and O–H groups in total. The van der Waals surface area contributed by atoms with Crippen LogP contribution in [0.3, 0.4) is 0 Å². The van der Waals surface area contributed by atoms with Gasteiger partial charge in [0.05, 0.1) is 12.2 Å². The van der Waals surface area contributed by atoms with E-state index in [9.17, 15) is 4.79 Å². The third-order valence-electron chi connectivity index (χ3n) is 5.24. The maximum Gasteiger partial charge on any atom is 0.316 e. The van der Waals surface area contributed by atoms with Gasteiger partial charge in [0.25, 0.3) is 5.91 Å². The Morgan fingerprint density at radius 2 is 1.79 bits per heavy atom. The zero-order valence-corrected chi connectivity index (χ0v) is 16.5. The van der Waals surface area contributed by atoms with Gasteiger partial charge in [-0.25, -0.2) is 9.97 Å². The van der Waals surface area contributed by atoms with Crippen LogP contribution < -0.4 is 14.8 Å². The fourth-order valence-electron chi connectivity index (χ4n) is 3.84. The van der Waals surface area contributed by atoms with Crippen molar-refractivity contribution < 1.29 is 14.3 Å². The molecule has 1 heterocycles. The van der Waals surface area contributed by atoms with E-state index < -0.39 is 0 Å². The van der Waals surface area contributed by atoms with Crippen LogP contribution in [0.2, 0.25) is 0 Å². The van der Waals surface area contributed by atoms with Gasteiger partial charge in [-0.2, -0.15) is 0 Å². The largest absolute Gasteiger partial charge is 0.493 e. The molecule has 1 saturated carbocycles. The van der Waals surface area contributed by atoms with Crippen molar-refractivity contribution in [2.75, 3.05) is 6.61 Å². The molecule has 1 aliphatic rings. The topological polar surface area (TPSA) is 73.3 Å². The van der Waals surface area contributed by atoms with Crippen molar-refractivity contribution in [3.8, 4) is 11.8 Å². The van der Waals surface area contributed by atoms with E-state index in [-0.39, 0.29) is 18.1 Å². The number of carbonyl (C=O) groups excluding carboxylic acids is 1. The monoisotopic (exact) mass is 391 g/mol. The molecule has 1 aromatic heterocycles. The van der Waals surface area contributed by atoms with E-state index in [0.29, 0.717) is 23.9 Å². The summed E-state index contributed by atoms with van der Waals surface area (Å²) in [5, 5.41) is 5.14. The third-order valence-corrected chi connectivity index (χ3v) is 5.24. The van der Waals surface area contributed by atoms with Crippen LogP contribution in [0.4, 0.5) is 0 Å². The Balaban J connectivity index is 1.43. The molecule has 2 aromatic carbocycles. The lowest BCUT2D eigenvalue weighted by Gasteiger charge is -2.29. The molecular weight excluding hydrogens is 366 g/mol. The second-order valence-corrected chi connectivity index (χ2v) is 7.19. The molecule has 0 radical (unpaired) electrons. The Morgan fingerprint density at radius 1 is 1.03 bits per heavy atom. The number of benzene rings is 2. The van der Waals surface area contributed by atoms with Gasteiger partial charge < -0.3 is 14.8 Å². The zero-order valence-electron chi connectivity index (χ0n) is 16.5. The lowest BCUT2D eigenvalue weighted by molar-refractivity contribution is 0.0883. The number of carbonyl (C=O) groups is 1. The minimum absolute atomic E-state index is 0.0824. The maximum absolute atomic E-state index is 13.2. The minimum Gasteiger partial charge on any atom is -0.493 e. The van der Waals surface area contributed by atoms with Crippen LogP contribution in [0.5, 0.6) is 11.8 Å². The highest BCUT2D eigenvalue weighted by atomic mass is 16.5. The highest BCUT2D eigenvalue weighted by molar-refractivity contribution is 6.09. The predicted octanol–water partition coefficient (Wildman–Crippen LogP) is 4.15. The van der Waals surface area contributed by atoms with Crippen LogP contribution >= 0.6 is 0 Å². The normalized spacial score (nSPS) is 18.9. The highest BCUT2D eigenvalue weighted by Crippen LogP contribution is 2.29. The standard InChI is InChI=1S/C23H25N3O3/c1-2-28-20-13-8-16-6-3-4-7-19(16)21(20)22(27)26-17-9-11-18(12-10-17)29-23-24-14-5-15-25-23/h3-8,13-15,17-18H,2,9-12H2,1H3,(H,26,27). The van der Waals surface area contributed by atoms with Crippen molar-refractivity contribution in [2.45, 2.75) is 44.8 Å². The summed E-state index contributed by atoms with van der Waals surface area (Å²) < 4.78 is 11.6. The SMILES string of the molecule is CCOc1ccc2ccccc2c1C(=O)NC1CCC(Oc2ncccn2)CC1. The van der Waals surface area contributed by atoms with Gasteiger partial charge in [-0.3, -0.25) is 4.79 Å². The summed E-state index contributed by atoms with van der Waals surface area (Å²) in [6.07, 6.45) is 6.87. The summed E-state index contributed by atoms with van der Waals surface area (Å²) in [6, 6.07) is 14.1. The van der Waals surface area contributed by atoms with Crippen LogP contribution in [0, 0.1) is 0 Å². The molecule has 0 unspecified atom stereocenters. The molecule has 0 spiro atoms. The lowest BCUT2D eigenvalue weighted by atomic mass is 9.92. The van der Waals surface area contributed by atoms with Crippen LogP contribution in [0.25, 0.3) is 10.8 Å². The highest BCUT2D eigenvalue weighted by Gasteiger charge is 2.26. The van der Waals surface area contributed by atoms with E-state index >= 15 is 0 Å². The zero-order chi connectivity index (χ0) is 20.1. The molecule has 0 saturated heterocycles. The van der Waals surface area contributed by atoms with Crippen molar-refractivity contribution >= 4 is 16.7 Å². The van der Waals surface area contributed by atoms with Crippen LogP contribution in [0.1, 0.15) is 43.0 Å². The quantitative estimate of drug-likeness (QED) is 0.683. The van der Waals surface area contributed by atoms with Crippen LogP contribution in [-0.4, -0.2) is 34.6 Å². The number of fused-ring (bicyclic) bond motifs is 1. The van der Waals surface area contributed by atoms with Gasteiger partial charge in [-0.05, 0) is 55.5 Å². The third kappa shape index (κ3) is 4.47. The molecule has 3 aromatic rings. The molecule has 6 heteroatoms. The molecule has 0 aliphatic heterocycles. The van der Waals surface area contributed by atoms with Gasteiger partial charge in [0.2, 0.25) is 0 Å². The maximum atomic E-state index is 13.2. The van der Waals surface area contributed by atoms with Gasteiger partial charge in [0.15, 0.2) is 0 Å². The van der Waals surface area contributed by atoms with Gasteiger partial charge in [0.1, 0.15) is 11.9 Å². The Kier molecular flexibility index (Phi) is 5.89. The molecular formula is C23H25N3O3. The van der Waals surface area contributed by atoms with Gasteiger partial charge in [-0.15, -0.1) is 0 Å². The van der Waals surface area contributed by atoms with Crippen LogP contribution in [0.15, 0.2) is 54.9 Å². The molecule has 29 heavy (non-hydrogen) atoms. The Bertz CT molecular complexity index is 970. The van der Waals surface area contributed by atoms with Crippen molar-refractivity contribution in [1.82, 2.24) is 15.3 Å². The average Bonchev–Trinajstić information content (AvgIpc) is 2.76. The molecule has 6 nitrogen and oxygen atoms in total. The number of hydrogen-bond acceptors (Lipinski definition) is 5. The second kappa shape index (κ2) is 8.90. The molecule has 0 bridgehead atoms. The molecule has 1 fully saturated rings. The van der Waals surface area contributed by atoms with Crippen molar-refractivity contribution in [3.63, 3.8) is 0 Å². The molecule has 1 amide bonds. The number of aromatic nitrogens is 2. The summed E-state index contributed by atoms with van der Waals surface area (Å²) in [5.74, 6) is 0.544. The van der Waals surface area contributed by atoms with E-state index in [2.05, 4.69) is 15.3 Å².